The summed E-state index contributed by atoms with van der Waals surface area (Å²) < 4.78 is 5.03. The quantitative estimate of drug-likeness (QED) is 0.230. The maximum atomic E-state index is 12.4. The monoisotopic (exact) mass is 825 g/mol. The van der Waals surface area contributed by atoms with E-state index in [1.807, 2.05) is 18.2 Å². The minimum absolute atomic E-state index is 0.00148. The molecule has 3 aromatic rings. The molecule has 0 amide bonds. The molecule has 0 fully saturated rings. The van der Waals surface area contributed by atoms with Gasteiger partial charge in [0.05, 0.1) is 0 Å². The van der Waals surface area contributed by atoms with Gasteiger partial charge in [-0.15, -0.1) is 0 Å². The Hall–Kier alpha value is -0.534. The molecule has 1 unspecified atom stereocenters. The van der Waals surface area contributed by atoms with E-state index in [4.69, 9.17) is 4.99 Å². The van der Waals surface area contributed by atoms with E-state index in [0.717, 1.165) is 27.3 Å². The third-order valence-electron chi connectivity index (χ3n) is 5.74. The van der Waals surface area contributed by atoms with Crippen molar-refractivity contribution in [1.82, 2.24) is 0 Å². The van der Waals surface area contributed by atoms with Crippen LogP contribution in [-0.4, -0.2) is 39.2 Å². The fourth-order valence-electron chi connectivity index (χ4n) is 4.28. The molecule has 1 aromatic heterocycles. The summed E-state index contributed by atoms with van der Waals surface area (Å²) in [5, 5.41) is 14.5. The van der Waals surface area contributed by atoms with Crippen molar-refractivity contribution < 1.29 is 9.90 Å². The van der Waals surface area contributed by atoms with Gasteiger partial charge in [-0.25, -0.2) is 0 Å². The predicted molar refractivity (Wildman–Crippen MR) is 155 cm³/mol. The van der Waals surface area contributed by atoms with Gasteiger partial charge < -0.3 is 0 Å². The van der Waals surface area contributed by atoms with Gasteiger partial charge in [-0.2, -0.15) is 0 Å². The van der Waals surface area contributed by atoms with Gasteiger partial charge in [-0.3, -0.25) is 0 Å². The normalized spacial score (nSPS) is 19.5. The second-order valence-corrected chi connectivity index (χ2v) is 18.4. The van der Waals surface area contributed by atoms with Gasteiger partial charge in [0.1, 0.15) is 0 Å². The molecular weight excluding hydrogens is 810 g/mol. The Balaban J connectivity index is 1.94. The Morgan fingerprint density at radius 1 is 1.00 bits per heavy atom. The minimum atomic E-state index is -2.61. The SMILES string of the molecule is C[Si]1(c2ccccc2)C2=CC(=O)C=CC2=Nc2ccc(O)c(-c3[se]c(I)c(I)c3I)c21. The Morgan fingerprint density at radius 3 is 2.42 bits per heavy atom. The number of fused-ring (bicyclic) bond motifs is 2. The summed E-state index contributed by atoms with van der Waals surface area (Å²) in [6.45, 7) is 2.29. The number of allylic oxidation sites excluding steroid dienone is 4. The van der Waals surface area contributed by atoms with Gasteiger partial charge in [-0.05, 0) is 0 Å². The Bertz CT molecular complexity index is 1360. The number of phenols is 1. The molecule has 154 valence electrons. The molecule has 0 saturated heterocycles. The van der Waals surface area contributed by atoms with Crippen molar-refractivity contribution in [2.75, 3.05) is 0 Å². The molecule has 3 nitrogen and oxygen atoms in total. The van der Waals surface area contributed by atoms with Crippen LogP contribution in [0.2, 0.25) is 6.55 Å². The molecule has 0 saturated carbocycles. The zero-order chi connectivity index (χ0) is 21.9. The van der Waals surface area contributed by atoms with Crippen LogP contribution in [0.4, 0.5) is 5.69 Å². The first kappa shape index (κ1) is 22.3. The number of nitrogens with zero attached hydrogens (tertiary/aromatic N) is 1. The van der Waals surface area contributed by atoms with Gasteiger partial charge in [0.2, 0.25) is 0 Å². The number of halogens is 3. The van der Waals surface area contributed by atoms with Gasteiger partial charge in [0.15, 0.2) is 0 Å². The van der Waals surface area contributed by atoms with Crippen LogP contribution in [0.15, 0.2) is 70.9 Å². The Morgan fingerprint density at radius 2 is 1.74 bits per heavy atom. The summed E-state index contributed by atoms with van der Waals surface area (Å²) in [5.41, 5.74) is 2.69. The molecule has 31 heavy (non-hydrogen) atoms. The van der Waals surface area contributed by atoms with Gasteiger partial charge in [0, 0.05) is 0 Å². The molecule has 1 N–H and O–H groups in total. The number of aromatic hydroxyl groups is 1. The number of rotatable bonds is 2. The summed E-state index contributed by atoms with van der Waals surface area (Å²) in [7, 11) is -2.61. The average Bonchev–Trinajstić information content (AvgIpc) is 3.02. The van der Waals surface area contributed by atoms with E-state index in [9.17, 15) is 9.90 Å². The van der Waals surface area contributed by atoms with Crippen LogP contribution in [0.5, 0.6) is 5.75 Å². The molecule has 0 radical (unpaired) electrons. The number of carbonyl (C=O) groups is 1. The van der Waals surface area contributed by atoms with Crippen molar-refractivity contribution in [2.24, 2.45) is 4.99 Å². The van der Waals surface area contributed by atoms with Crippen LogP contribution < -0.4 is 10.4 Å². The van der Waals surface area contributed by atoms with Gasteiger partial charge in [-0.1, -0.05) is 0 Å². The first-order valence-electron chi connectivity index (χ1n) is 9.41. The second kappa shape index (κ2) is 8.35. The van der Waals surface area contributed by atoms with Crippen LogP contribution >= 0.6 is 67.8 Å². The molecule has 1 aliphatic heterocycles. The third kappa shape index (κ3) is 3.52. The van der Waals surface area contributed by atoms with Crippen LogP contribution in [0.3, 0.4) is 0 Å². The van der Waals surface area contributed by atoms with Crippen molar-refractivity contribution in [2.45, 2.75) is 6.55 Å². The molecule has 0 bridgehead atoms. The van der Waals surface area contributed by atoms with Crippen LogP contribution in [-0.2, 0) is 4.79 Å². The third-order valence-corrected chi connectivity index (χ3v) is 19.9. The van der Waals surface area contributed by atoms with E-state index in [2.05, 4.69) is 98.6 Å². The molecule has 8 heteroatoms. The molecule has 2 aromatic carbocycles. The molecule has 2 aliphatic rings. The first-order chi connectivity index (χ1) is 14.8. The number of carbonyl (C=O) groups excluding carboxylic acids is 1. The second-order valence-electron chi connectivity index (χ2n) is 7.47. The summed E-state index contributed by atoms with van der Waals surface area (Å²) in [5.74, 6) is 0.296. The number of hydrogen-bond acceptors (Lipinski definition) is 3. The van der Waals surface area contributed by atoms with E-state index in [-0.39, 0.29) is 20.3 Å². The molecule has 2 heterocycles. The standard InChI is InChI=1S/C23H14I3NO2SeSi/c1-31(13-5-3-2-4-6-13)17-11-12(28)7-8-14(17)27-15-9-10-16(29)18(22(15)31)21-19(24)20(25)23(26)30-21/h2-11,29H,1H3. The van der Waals surface area contributed by atoms with E-state index in [1.54, 1.807) is 18.2 Å². The average molecular weight is 824 g/mol. The van der Waals surface area contributed by atoms with E-state index >= 15 is 0 Å². The van der Waals surface area contributed by atoms with E-state index < -0.39 is 8.07 Å². The first-order valence-corrected chi connectivity index (χ1v) is 16.9. The fraction of sp³-hybridized carbons (Fsp3) is 0.0435. The summed E-state index contributed by atoms with van der Waals surface area (Å²) in [6, 6.07) is 14.1. The van der Waals surface area contributed by atoms with E-state index in [0.29, 0.717) is 5.75 Å². The van der Waals surface area contributed by atoms with Crippen molar-refractivity contribution in [1.29, 1.82) is 0 Å². The Labute approximate surface area is 227 Å². The molecule has 1 aliphatic carbocycles. The number of ketones is 1. The maximum absolute atomic E-state index is 12.4. The van der Waals surface area contributed by atoms with Crippen LogP contribution in [0, 0.1) is 9.58 Å². The summed E-state index contributed by atoms with van der Waals surface area (Å²) in [6.07, 6.45) is 5.20. The number of hydrogen-bond donors (Lipinski definition) is 1. The molecule has 5 rings (SSSR count). The van der Waals surface area contributed by atoms with Crippen molar-refractivity contribution in [3.8, 4) is 15.8 Å². The van der Waals surface area contributed by atoms with Crippen molar-refractivity contribution in [3.05, 3.63) is 75.5 Å². The Kier molecular flexibility index (Phi) is 6.00. The number of phenolic OH excluding ortho intramolecular Hbond substituents is 1. The van der Waals surface area contributed by atoms with Crippen LogP contribution in [0.1, 0.15) is 0 Å². The number of aliphatic imine (C=N–C) groups is 1. The van der Waals surface area contributed by atoms with Crippen molar-refractivity contribution in [3.63, 3.8) is 0 Å². The summed E-state index contributed by atoms with van der Waals surface area (Å²) in [4.78, 5) is 17.4. The predicted octanol–water partition coefficient (Wildman–Crippen LogP) is 4.81. The van der Waals surface area contributed by atoms with Gasteiger partial charge in [0.25, 0.3) is 0 Å². The topological polar surface area (TPSA) is 49.7 Å². The van der Waals surface area contributed by atoms with Crippen molar-refractivity contribution >= 4 is 118 Å². The number of benzene rings is 2. The zero-order valence-corrected chi connectivity index (χ0v) is 25.3. The van der Waals surface area contributed by atoms with E-state index in [1.165, 1.54) is 19.2 Å². The molecular formula is C23H14I3NO2SeSi. The molecule has 1 atom stereocenters. The molecule has 0 spiro atoms. The van der Waals surface area contributed by atoms with Gasteiger partial charge >= 0.3 is 231 Å². The zero-order valence-electron chi connectivity index (χ0n) is 16.1. The summed E-state index contributed by atoms with van der Waals surface area (Å²) >= 11 is 7.37. The van der Waals surface area contributed by atoms with Crippen LogP contribution in [0.25, 0.3) is 10.0 Å². The fourth-order valence-corrected chi connectivity index (χ4v) is 15.2.